The number of benzene rings is 1. The fourth-order valence-electron chi connectivity index (χ4n) is 1.56. The average molecular weight is 234 g/mol. The standard InChI is InChI=1S/C14H18O3/c1-6-11-7-9(2)12(10(3)8-11)17-14(4,5)13(15)16/h6-8H,1H2,2-5H3,(H,15,16). The molecule has 3 nitrogen and oxygen atoms in total. The third-order valence-electron chi connectivity index (χ3n) is 2.59. The van der Waals surface area contributed by atoms with Crippen molar-refractivity contribution in [2.24, 2.45) is 0 Å². The first-order chi connectivity index (χ1) is 7.77. The highest BCUT2D eigenvalue weighted by atomic mass is 16.5. The number of hydrogen-bond acceptors (Lipinski definition) is 2. The van der Waals surface area contributed by atoms with Crippen molar-refractivity contribution in [3.8, 4) is 5.75 Å². The van der Waals surface area contributed by atoms with Gasteiger partial charge in [-0.15, -0.1) is 0 Å². The fourth-order valence-corrected chi connectivity index (χ4v) is 1.56. The zero-order valence-corrected chi connectivity index (χ0v) is 10.7. The van der Waals surface area contributed by atoms with E-state index in [9.17, 15) is 4.79 Å². The lowest BCUT2D eigenvalue weighted by atomic mass is 10.0. The Morgan fingerprint density at radius 2 is 1.82 bits per heavy atom. The second kappa shape index (κ2) is 4.62. The van der Waals surface area contributed by atoms with E-state index < -0.39 is 11.6 Å². The molecule has 0 aliphatic heterocycles. The maximum atomic E-state index is 11.0. The van der Waals surface area contributed by atoms with Crippen molar-refractivity contribution in [1.29, 1.82) is 0 Å². The summed E-state index contributed by atoms with van der Waals surface area (Å²) in [7, 11) is 0. The van der Waals surface area contributed by atoms with Gasteiger partial charge in [0.2, 0.25) is 0 Å². The Morgan fingerprint density at radius 1 is 1.35 bits per heavy atom. The van der Waals surface area contributed by atoms with Gasteiger partial charge in [-0.25, -0.2) is 4.79 Å². The van der Waals surface area contributed by atoms with Crippen LogP contribution in [0, 0.1) is 13.8 Å². The molecule has 0 unspecified atom stereocenters. The summed E-state index contributed by atoms with van der Waals surface area (Å²) in [6.07, 6.45) is 1.76. The number of carbonyl (C=O) groups is 1. The quantitative estimate of drug-likeness (QED) is 0.870. The van der Waals surface area contributed by atoms with Crippen LogP contribution in [0.1, 0.15) is 30.5 Å². The Balaban J connectivity index is 3.16. The maximum absolute atomic E-state index is 11.0. The topological polar surface area (TPSA) is 46.5 Å². The van der Waals surface area contributed by atoms with Gasteiger partial charge < -0.3 is 9.84 Å². The summed E-state index contributed by atoms with van der Waals surface area (Å²) in [4.78, 5) is 11.0. The molecule has 0 saturated heterocycles. The molecule has 92 valence electrons. The van der Waals surface area contributed by atoms with E-state index in [4.69, 9.17) is 9.84 Å². The molecule has 0 fully saturated rings. The van der Waals surface area contributed by atoms with Crippen LogP contribution in [-0.4, -0.2) is 16.7 Å². The molecular formula is C14H18O3. The fraction of sp³-hybridized carbons (Fsp3) is 0.357. The molecule has 0 atom stereocenters. The lowest BCUT2D eigenvalue weighted by molar-refractivity contribution is -0.152. The Morgan fingerprint density at radius 3 is 2.18 bits per heavy atom. The SMILES string of the molecule is C=Cc1cc(C)c(OC(C)(C)C(=O)O)c(C)c1. The van der Waals surface area contributed by atoms with E-state index in [2.05, 4.69) is 6.58 Å². The van der Waals surface area contributed by atoms with Crippen LogP contribution >= 0.6 is 0 Å². The van der Waals surface area contributed by atoms with E-state index in [1.807, 2.05) is 26.0 Å². The van der Waals surface area contributed by atoms with Crippen LogP contribution in [0.4, 0.5) is 0 Å². The predicted octanol–water partition coefficient (Wildman–Crippen LogP) is 3.19. The van der Waals surface area contributed by atoms with Crippen LogP contribution in [-0.2, 0) is 4.79 Å². The highest BCUT2D eigenvalue weighted by Crippen LogP contribution is 2.28. The van der Waals surface area contributed by atoms with Crippen molar-refractivity contribution in [2.45, 2.75) is 33.3 Å². The third kappa shape index (κ3) is 2.87. The minimum atomic E-state index is -1.23. The average Bonchev–Trinajstić information content (AvgIpc) is 2.22. The summed E-state index contributed by atoms with van der Waals surface area (Å²) < 4.78 is 5.59. The van der Waals surface area contributed by atoms with Gasteiger partial charge in [-0.3, -0.25) is 0 Å². The molecule has 0 spiro atoms. The predicted molar refractivity (Wildman–Crippen MR) is 68.3 cm³/mol. The van der Waals surface area contributed by atoms with Crippen LogP contribution in [0.15, 0.2) is 18.7 Å². The number of carboxylic acid groups (broad SMARTS) is 1. The molecule has 0 radical (unpaired) electrons. The zero-order chi connectivity index (χ0) is 13.2. The molecule has 0 aromatic heterocycles. The first-order valence-corrected chi connectivity index (χ1v) is 5.44. The van der Waals surface area contributed by atoms with Crippen LogP contribution in [0.25, 0.3) is 6.08 Å². The smallest absolute Gasteiger partial charge is 0.347 e. The summed E-state index contributed by atoms with van der Waals surface area (Å²) in [6.45, 7) is 10.6. The van der Waals surface area contributed by atoms with Crippen LogP contribution in [0.2, 0.25) is 0 Å². The summed E-state index contributed by atoms with van der Waals surface area (Å²) in [5, 5.41) is 9.04. The molecule has 0 aliphatic rings. The molecule has 17 heavy (non-hydrogen) atoms. The van der Waals surface area contributed by atoms with Crippen molar-refractivity contribution in [3.05, 3.63) is 35.4 Å². The lowest BCUT2D eigenvalue weighted by Crippen LogP contribution is -2.38. The molecule has 1 rings (SSSR count). The minimum absolute atomic E-state index is 0.628. The van der Waals surface area contributed by atoms with E-state index in [0.29, 0.717) is 5.75 Å². The van der Waals surface area contributed by atoms with Gasteiger partial charge in [-0.1, -0.05) is 12.7 Å². The van der Waals surface area contributed by atoms with Crippen LogP contribution < -0.4 is 4.74 Å². The van der Waals surface area contributed by atoms with Crippen molar-refractivity contribution in [1.82, 2.24) is 0 Å². The molecule has 0 saturated carbocycles. The second-order valence-electron chi connectivity index (χ2n) is 4.61. The number of aliphatic carboxylic acids is 1. The number of rotatable bonds is 4. The minimum Gasteiger partial charge on any atom is -0.478 e. The molecule has 0 amide bonds. The maximum Gasteiger partial charge on any atom is 0.347 e. The van der Waals surface area contributed by atoms with E-state index in [1.54, 1.807) is 6.08 Å². The molecule has 1 aromatic carbocycles. The van der Waals surface area contributed by atoms with Gasteiger partial charge >= 0.3 is 5.97 Å². The Labute approximate surface area is 102 Å². The first-order valence-electron chi connectivity index (χ1n) is 5.44. The highest BCUT2D eigenvalue weighted by molar-refractivity contribution is 5.77. The molecule has 1 N–H and O–H groups in total. The summed E-state index contributed by atoms with van der Waals surface area (Å²) in [5.41, 5.74) is 1.59. The van der Waals surface area contributed by atoms with Crippen LogP contribution in [0.5, 0.6) is 5.75 Å². The molecule has 3 heteroatoms. The van der Waals surface area contributed by atoms with Gasteiger partial charge in [0.25, 0.3) is 0 Å². The van der Waals surface area contributed by atoms with Gasteiger partial charge in [0.05, 0.1) is 0 Å². The third-order valence-corrected chi connectivity index (χ3v) is 2.59. The van der Waals surface area contributed by atoms with Gasteiger partial charge in [-0.2, -0.15) is 0 Å². The van der Waals surface area contributed by atoms with Crippen LogP contribution in [0.3, 0.4) is 0 Å². The van der Waals surface area contributed by atoms with E-state index in [0.717, 1.165) is 16.7 Å². The Bertz CT molecular complexity index is 436. The largest absolute Gasteiger partial charge is 0.478 e. The molecule has 0 aliphatic carbocycles. The Kier molecular flexibility index (Phi) is 3.61. The number of aryl methyl sites for hydroxylation is 2. The van der Waals surface area contributed by atoms with Gasteiger partial charge in [0, 0.05) is 0 Å². The van der Waals surface area contributed by atoms with Crippen molar-refractivity contribution >= 4 is 12.0 Å². The summed E-state index contributed by atoms with van der Waals surface area (Å²) in [5.74, 6) is -0.355. The van der Waals surface area contributed by atoms with Crippen molar-refractivity contribution < 1.29 is 14.6 Å². The molecule has 0 heterocycles. The van der Waals surface area contributed by atoms with Gasteiger partial charge in [0.15, 0.2) is 5.60 Å². The summed E-state index contributed by atoms with van der Waals surface area (Å²) >= 11 is 0. The van der Waals surface area contributed by atoms with Gasteiger partial charge in [-0.05, 0) is 56.5 Å². The molecule has 1 aromatic rings. The number of ether oxygens (including phenoxy) is 1. The first kappa shape index (κ1) is 13.3. The van der Waals surface area contributed by atoms with E-state index in [1.165, 1.54) is 13.8 Å². The molecular weight excluding hydrogens is 216 g/mol. The van der Waals surface area contributed by atoms with E-state index >= 15 is 0 Å². The van der Waals surface area contributed by atoms with Gasteiger partial charge in [0.1, 0.15) is 5.75 Å². The zero-order valence-electron chi connectivity index (χ0n) is 10.7. The van der Waals surface area contributed by atoms with E-state index in [-0.39, 0.29) is 0 Å². The Hall–Kier alpha value is -1.77. The summed E-state index contributed by atoms with van der Waals surface area (Å²) in [6, 6.07) is 3.85. The monoisotopic (exact) mass is 234 g/mol. The normalized spacial score (nSPS) is 11.1. The second-order valence-corrected chi connectivity index (χ2v) is 4.61. The van der Waals surface area contributed by atoms with Crippen molar-refractivity contribution in [2.75, 3.05) is 0 Å². The molecule has 0 bridgehead atoms. The number of carboxylic acids is 1. The lowest BCUT2D eigenvalue weighted by Gasteiger charge is -2.24. The highest BCUT2D eigenvalue weighted by Gasteiger charge is 2.30. The number of hydrogen-bond donors (Lipinski definition) is 1. The van der Waals surface area contributed by atoms with Crippen molar-refractivity contribution in [3.63, 3.8) is 0 Å².